The average molecular weight is 619 g/mol. The van der Waals surface area contributed by atoms with Crippen LogP contribution in [0.3, 0.4) is 0 Å². The van der Waals surface area contributed by atoms with Gasteiger partial charge in [0.1, 0.15) is 0 Å². The fourth-order valence-corrected chi connectivity index (χ4v) is 13.0. The average Bonchev–Trinajstić information content (AvgIpc) is 3.48. The zero-order chi connectivity index (χ0) is 25.4. The minimum atomic E-state index is -2.46. The normalized spacial score (nSPS) is 15.4. The summed E-state index contributed by atoms with van der Waals surface area (Å²) in [4.78, 5) is 0. The summed E-state index contributed by atoms with van der Waals surface area (Å²) in [6.45, 7) is 17.6. The number of hydrogen-bond donors (Lipinski definition) is 0. The minimum Gasteiger partial charge on any atom is -1.00 e. The molecule has 0 nitrogen and oxygen atoms in total. The second-order valence-electron chi connectivity index (χ2n) is 11.1. The molecule has 0 amide bonds. The van der Waals surface area contributed by atoms with Crippen LogP contribution in [0.25, 0.3) is 23.3 Å². The summed E-state index contributed by atoms with van der Waals surface area (Å²) in [6, 6.07) is 22.7. The van der Waals surface area contributed by atoms with E-state index >= 15 is 0 Å². The summed E-state index contributed by atoms with van der Waals surface area (Å²) in [7, 11) is 0. The van der Waals surface area contributed by atoms with E-state index in [0.29, 0.717) is 5.92 Å². The van der Waals surface area contributed by atoms with Gasteiger partial charge in [-0.1, -0.05) is 0 Å². The Bertz CT molecular complexity index is 1450. The van der Waals surface area contributed by atoms with E-state index in [-0.39, 0.29) is 30.2 Å². The van der Waals surface area contributed by atoms with Crippen LogP contribution in [-0.2, 0) is 27.7 Å². The Balaban J connectivity index is 0.00000200. The molecule has 38 heavy (non-hydrogen) atoms. The molecule has 3 heteroatoms. The molecule has 0 saturated heterocycles. The van der Waals surface area contributed by atoms with Crippen molar-refractivity contribution in [3.8, 4) is 11.1 Å². The molecule has 0 bridgehead atoms. The van der Waals surface area contributed by atoms with Crippen LogP contribution in [0, 0.1) is 11.3 Å². The van der Waals surface area contributed by atoms with Gasteiger partial charge >= 0.3 is 226 Å². The van der Waals surface area contributed by atoms with E-state index < -0.39 is 21.3 Å². The van der Waals surface area contributed by atoms with E-state index in [1.54, 1.807) is 12.1 Å². The fourth-order valence-electron chi connectivity index (χ4n) is 5.54. The van der Waals surface area contributed by atoms with Gasteiger partial charge in [0, 0.05) is 0 Å². The number of allylic oxidation sites excluding steroid dienone is 4. The molecule has 5 rings (SSSR count). The quantitative estimate of drug-likeness (QED) is 0.312. The summed E-state index contributed by atoms with van der Waals surface area (Å²) in [5, 5.41) is 0. The van der Waals surface area contributed by atoms with Gasteiger partial charge in [-0.2, -0.15) is 0 Å². The van der Waals surface area contributed by atoms with E-state index in [2.05, 4.69) is 117 Å². The van der Waals surface area contributed by atoms with Gasteiger partial charge in [-0.15, -0.1) is 0 Å². The third-order valence-electron chi connectivity index (χ3n) is 7.64. The first kappa shape index (κ1) is 30.5. The SMILES string of the molecule is C=Cc1ccc2c(c1)-c1cc(C=C)c[c](/[Zr+2](=[CH]\c3ccccc3)[C]3=CC(C(C)(C)C)=CC3CC)c1C2.[Cl-].[Cl-]. The van der Waals surface area contributed by atoms with Crippen LogP contribution in [-0.4, -0.2) is 3.71 Å². The van der Waals surface area contributed by atoms with Gasteiger partial charge in [-0.25, -0.2) is 0 Å². The Hall–Kier alpha value is -2.05. The van der Waals surface area contributed by atoms with Crippen molar-refractivity contribution in [3.05, 3.63) is 123 Å². The molecule has 0 fully saturated rings. The second-order valence-corrected chi connectivity index (χ2v) is 16.5. The van der Waals surface area contributed by atoms with Gasteiger partial charge in [0.2, 0.25) is 0 Å². The Kier molecular flexibility index (Phi) is 9.97. The van der Waals surface area contributed by atoms with Gasteiger partial charge in [0.05, 0.1) is 0 Å². The van der Waals surface area contributed by atoms with Crippen molar-refractivity contribution in [1.82, 2.24) is 0 Å². The molecule has 0 aromatic heterocycles. The molecule has 194 valence electrons. The van der Waals surface area contributed by atoms with Gasteiger partial charge in [-0.3, -0.25) is 0 Å². The number of fused-ring (bicyclic) bond motifs is 3. The van der Waals surface area contributed by atoms with Crippen LogP contribution in [0.5, 0.6) is 0 Å². The molecule has 0 spiro atoms. The summed E-state index contributed by atoms with van der Waals surface area (Å²) in [5.41, 5.74) is 11.2. The molecule has 2 aliphatic carbocycles. The summed E-state index contributed by atoms with van der Waals surface area (Å²) >= 11 is -2.46. The maximum Gasteiger partial charge on any atom is -1.00 e. The molecule has 0 N–H and O–H groups in total. The van der Waals surface area contributed by atoms with E-state index in [9.17, 15) is 0 Å². The van der Waals surface area contributed by atoms with Gasteiger partial charge in [-0.05, 0) is 0 Å². The van der Waals surface area contributed by atoms with E-state index in [1.165, 1.54) is 39.0 Å². The molecular weight excluding hydrogens is 583 g/mol. The second kappa shape index (κ2) is 12.4. The first-order chi connectivity index (χ1) is 17.3. The van der Waals surface area contributed by atoms with Crippen LogP contribution >= 0.6 is 0 Å². The maximum absolute atomic E-state index is 4.17. The minimum absolute atomic E-state index is 0. The molecule has 1 unspecified atom stereocenters. The molecule has 1 atom stereocenters. The molecule has 2 aliphatic rings. The van der Waals surface area contributed by atoms with Crippen molar-refractivity contribution >= 4 is 19.1 Å². The molecule has 0 aliphatic heterocycles. The van der Waals surface area contributed by atoms with Crippen molar-refractivity contribution in [2.24, 2.45) is 11.3 Å². The summed E-state index contributed by atoms with van der Waals surface area (Å²) in [5.74, 6) is 0.535. The molecule has 3 aromatic carbocycles. The van der Waals surface area contributed by atoms with E-state index in [1.807, 2.05) is 12.2 Å². The van der Waals surface area contributed by atoms with Crippen LogP contribution in [0.2, 0.25) is 0 Å². The van der Waals surface area contributed by atoms with E-state index in [4.69, 9.17) is 0 Å². The molecular formula is C35H36Cl2Zr. The number of halogens is 2. The van der Waals surface area contributed by atoms with Gasteiger partial charge < -0.3 is 24.8 Å². The van der Waals surface area contributed by atoms with E-state index in [0.717, 1.165) is 12.8 Å². The molecule has 3 aromatic rings. The third-order valence-corrected chi connectivity index (χ3v) is 14.5. The van der Waals surface area contributed by atoms with Crippen LogP contribution in [0.1, 0.15) is 61.9 Å². The smallest absolute Gasteiger partial charge is 1.00 e. The van der Waals surface area contributed by atoms with Gasteiger partial charge in [0.25, 0.3) is 0 Å². The molecule has 0 heterocycles. The Labute approximate surface area is 249 Å². The third kappa shape index (κ3) is 5.91. The summed E-state index contributed by atoms with van der Waals surface area (Å²) in [6.07, 6.45) is 11.3. The number of rotatable bonds is 6. The van der Waals surface area contributed by atoms with Crippen LogP contribution < -0.4 is 28.1 Å². The Morgan fingerprint density at radius 1 is 0.868 bits per heavy atom. The molecule has 0 radical (unpaired) electrons. The van der Waals surface area contributed by atoms with Crippen molar-refractivity contribution in [1.29, 1.82) is 0 Å². The number of hydrogen-bond acceptors (Lipinski definition) is 0. The Morgan fingerprint density at radius 2 is 1.55 bits per heavy atom. The number of benzene rings is 3. The van der Waals surface area contributed by atoms with Crippen molar-refractivity contribution < 1.29 is 46.1 Å². The van der Waals surface area contributed by atoms with Crippen LogP contribution in [0.15, 0.2) is 94.8 Å². The maximum atomic E-state index is 4.17. The summed E-state index contributed by atoms with van der Waals surface area (Å²) < 4.78 is 6.00. The van der Waals surface area contributed by atoms with Crippen LogP contribution in [0.4, 0.5) is 0 Å². The largest absolute Gasteiger partial charge is 1.00 e. The Morgan fingerprint density at radius 3 is 2.18 bits per heavy atom. The predicted octanol–water partition coefficient (Wildman–Crippen LogP) is 2.54. The first-order valence-electron chi connectivity index (χ1n) is 13.1. The van der Waals surface area contributed by atoms with Crippen molar-refractivity contribution in [2.75, 3.05) is 0 Å². The monoisotopic (exact) mass is 616 g/mol. The molecule has 0 saturated carbocycles. The fraction of sp³-hybridized carbons (Fsp3) is 0.229. The standard InChI is InChI=1S/C17H13.C11H17.C7H6.2ClH.Zr/c1-3-12-5-7-14-11-15-8-6-13(4-2)10-17(15)16(14)9-12;1-5-9-6-7-10(8-9)11(2,3)4;1-7-5-3-2-4-6-7;;;/h3-7,9-10H,1-2,11H2;7-9H,5H2,1-4H3;1-6H;2*1H;/q;;;;;+2/p-2. The van der Waals surface area contributed by atoms with Crippen molar-refractivity contribution in [2.45, 2.75) is 40.5 Å². The predicted molar refractivity (Wildman–Crippen MR) is 156 cm³/mol. The van der Waals surface area contributed by atoms with Crippen molar-refractivity contribution in [3.63, 3.8) is 0 Å². The zero-order valence-electron chi connectivity index (χ0n) is 22.8. The zero-order valence-corrected chi connectivity index (χ0v) is 26.8. The topological polar surface area (TPSA) is 0 Å². The van der Waals surface area contributed by atoms with Gasteiger partial charge in [0.15, 0.2) is 0 Å². The first-order valence-corrected chi connectivity index (χ1v) is 17.0.